The number of carbonyl (C=O) groups excluding carboxylic acids is 1. The Labute approximate surface area is 129 Å². The third-order valence-electron chi connectivity index (χ3n) is 3.54. The van der Waals surface area contributed by atoms with Crippen molar-refractivity contribution in [1.82, 2.24) is 5.32 Å². The van der Waals surface area contributed by atoms with Crippen molar-refractivity contribution < 1.29 is 24.2 Å². The second-order valence-corrected chi connectivity index (χ2v) is 5.85. The van der Waals surface area contributed by atoms with Gasteiger partial charge in [-0.25, -0.2) is 4.79 Å². The van der Waals surface area contributed by atoms with Gasteiger partial charge in [-0.3, -0.25) is 4.79 Å². The van der Waals surface area contributed by atoms with E-state index in [1.165, 1.54) is 13.8 Å². The lowest BCUT2D eigenvalue weighted by Gasteiger charge is -2.21. The number of rotatable bonds is 6. The maximum Gasteiger partial charge on any atom is 0.328 e. The van der Waals surface area contributed by atoms with Gasteiger partial charge in [0.15, 0.2) is 0 Å². The Morgan fingerprint density at radius 2 is 2.05 bits per heavy atom. The predicted octanol–water partition coefficient (Wildman–Crippen LogP) is 1.84. The van der Waals surface area contributed by atoms with E-state index < -0.39 is 17.4 Å². The summed E-state index contributed by atoms with van der Waals surface area (Å²) in [6.07, 6.45) is 2.21. The summed E-state index contributed by atoms with van der Waals surface area (Å²) in [6.45, 7) is 4.16. The number of carboxylic acid groups (broad SMARTS) is 1. The van der Waals surface area contributed by atoms with E-state index in [9.17, 15) is 9.59 Å². The summed E-state index contributed by atoms with van der Waals surface area (Å²) in [6, 6.07) is 6.60. The zero-order valence-electron chi connectivity index (χ0n) is 12.8. The molecular weight excluding hydrogens is 286 g/mol. The molecule has 1 aromatic rings. The molecule has 1 atom stereocenters. The number of hydrogen-bond acceptors (Lipinski definition) is 4. The number of aliphatic carboxylic acids is 1. The Balaban J connectivity index is 1.90. The Kier molecular flexibility index (Phi) is 5.03. The van der Waals surface area contributed by atoms with Gasteiger partial charge in [0, 0.05) is 12.2 Å². The minimum atomic E-state index is -1.31. The van der Waals surface area contributed by atoms with E-state index in [-0.39, 0.29) is 6.10 Å². The molecule has 1 aromatic carbocycles. The molecule has 0 spiro atoms. The maximum atomic E-state index is 12.0. The molecule has 1 fully saturated rings. The molecule has 2 rings (SSSR count). The van der Waals surface area contributed by atoms with Crippen molar-refractivity contribution in [2.24, 2.45) is 0 Å². The van der Waals surface area contributed by atoms with Crippen molar-refractivity contribution >= 4 is 11.9 Å². The van der Waals surface area contributed by atoms with Gasteiger partial charge in [0.2, 0.25) is 0 Å². The topological polar surface area (TPSA) is 84.9 Å². The number of benzene rings is 1. The number of amides is 1. The van der Waals surface area contributed by atoms with Crippen LogP contribution in [0.1, 0.15) is 37.0 Å². The normalized spacial score (nSPS) is 18.0. The van der Waals surface area contributed by atoms with Crippen molar-refractivity contribution in [3.63, 3.8) is 0 Å². The Morgan fingerprint density at radius 3 is 2.59 bits per heavy atom. The van der Waals surface area contributed by atoms with E-state index >= 15 is 0 Å². The molecule has 22 heavy (non-hydrogen) atoms. The number of hydrogen-bond donors (Lipinski definition) is 2. The van der Waals surface area contributed by atoms with Crippen LogP contribution in [0.15, 0.2) is 24.3 Å². The summed E-state index contributed by atoms with van der Waals surface area (Å²) in [7, 11) is 0. The van der Waals surface area contributed by atoms with Crippen LogP contribution in [0.3, 0.4) is 0 Å². The highest BCUT2D eigenvalue weighted by atomic mass is 16.5. The third kappa shape index (κ3) is 4.21. The lowest BCUT2D eigenvalue weighted by atomic mass is 10.1. The average molecular weight is 307 g/mol. The third-order valence-corrected chi connectivity index (χ3v) is 3.54. The average Bonchev–Trinajstić information content (AvgIpc) is 2.98. The molecule has 0 saturated carbocycles. The van der Waals surface area contributed by atoms with E-state index in [0.29, 0.717) is 17.9 Å². The molecule has 1 aliphatic heterocycles. The van der Waals surface area contributed by atoms with Gasteiger partial charge in [0.1, 0.15) is 17.9 Å². The van der Waals surface area contributed by atoms with Crippen LogP contribution >= 0.6 is 0 Å². The van der Waals surface area contributed by atoms with Crippen LogP contribution in [-0.2, 0) is 9.53 Å². The predicted molar refractivity (Wildman–Crippen MR) is 80.1 cm³/mol. The molecule has 0 unspecified atom stereocenters. The van der Waals surface area contributed by atoms with Crippen LogP contribution in [-0.4, -0.2) is 41.8 Å². The number of carbonyl (C=O) groups is 2. The molecule has 1 amide bonds. The zero-order chi connectivity index (χ0) is 16.2. The fraction of sp³-hybridized carbons (Fsp3) is 0.500. The van der Waals surface area contributed by atoms with E-state index in [2.05, 4.69) is 5.32 Å². The molecule has 6 nitrogen and oxygen atoms in total. The van der Waals surface area contributed by atoms with Crippen molar-refractivity contribution in [2.75, 3.05) is 13.2 Å². The van der Waals surface area contributed by atoms with Crippen molar-refractivity contribution in [2.45, 2.75) is 38.3 Å². The van der Waals surface area contributed by atoms with Crippen LogP contribution in [0, 0.1) is 0 Å². The zero-order valence-corrected chi connectivity index (χ0v) is 12.8. The van der Waals surface area contributed by atoms with Crippen LogP contribution in [0.2, 0.25) is 0 Å². The first-order valence-electron chi connectivity index (χ1n) is 7.29. The van der Waals surface area contributed by atoms with E-state index in [0.717, 1.165) is 19.4 Å². The molecule has 0 radical (unpaired) electrons. The molecular formula is C16H21NO5. The highest BCUT2D eigenvalue weighted by Gasteiger charge is 2.29. The molecule has 0 aromatic heterocycles. The largest absolute Gasteiger partial charge is 0.491 e. The van der Waals surface area contributed by atoms with Gasteiger partial charge < -0.3 is 19.9 Å². The summed E-state index contributed by atoms with van der Waals surface area (Å²) in [5.74, 6) is -0.861. The fourth-order valence-electron chi connectivity index (χ4n) is 2.08. The molecule has 1 aliphatic rings. The monoisotopic (exact) mass is 307 g/mol. The first-order chi connectivity index (χ1) is 10.4. The summed E-state index contributed by atoms with van der Waals surface area (Å²) in [5, 5.41) is 11.5. The van der Waals surface area contributed by atoms with Gasteiger partial charge in [0.25, 0.3) is 5.91 Å². The van der Waals surface area contributed by atoms with Crippen molar-refractivity contribution in [1.29, 1.82) is 0 Å². The van der Waals surface area contributed by atoms with Gasteiger partial charge >= 0.3 is 5.97 Å². The number of nitrogens with one attached hydrogen (secondary N) is 1. The molecule has 1 saturated heterocycles. The van der Waals surface area contributed by atoms with Gasteiger partial charge in [-0.2, -0.15) is 0 Å². The van der Waals surface area contributed by atoms with Crippen LogP contribution < -0.4 is 10.1 Å². The van der Waals surface area contributed by atoms with Crippen LogP contribution in [0.5, 0.6) is 5.75 Å². The minimum absolute atomic E-state index is 0.138. The molecule has 120 valence electrons. The summed E-state index contributed by atoms with van der Waals surface area (Å²) >= 11 is 0. The van der Waals surface area contributed by atoms with E-state index in [1.54, 1.807) is 24.3 Å². The van der Waals surface area contributed by atoms with Crippen molar-refractivity contribution in [3.05, 3.63) is 29.8 Å². The van der Waals surface area contributed by atoms with Crippen LogP contribution in [0.4, 0.5) is 0 Å². The second-order valence-electron chi connectivity index (χ2n) is 5.85. The second kappa shape index (κ2) is 6.79. The highest BCUT2D eigenvalue weighted by molar-refractivity contribution is 5.97. The number of ether oxygens (including phenoxy) is 2. The first-order valence-corrected chi connectivity index (χ1v) is 7.29. The van der Waals surface area contributed by atoms with Gasteiger partial charge in [0.05, 0.1) is 6.10 Å². The molecule has 6 heteroatoms. The van der Waals surface area contributed by atoms with Gasteiger partial charge in [-0.1, -0.05) is 0 Å². The first kappa shape index (κ1) is 16.3. The molecule has 2 N–H and O–H groups in total. The summed E-state index contributed by atoms with van der Waals surface area (Å²) in [4.78, 5) is 23.0. The molecule has 1 heterocycles. The lowest BCUT2D eigenvalue weighted by Crippen LogP contribution is -2.49. The summed E-state index contributed by atoms with van der Waals surface area (Å²) in [5.41, 5.74) is -0.926. The van der Waals surface area contributed by atoms with E-state index in [4.69, 9.17) is 14.6 Å². The summed E-state index contributed by atoms with van der Waals surface area (Å²) < 4.78 is 11.1. The smallest absolute Gasteiger partial charge is 0.328 e. The minimum Gasteiger partial charge on any atom is -0.491 e. The standard InChI is InChI=1S/C16H21NO5/c1-16(2,15(19)20)17-14(18)11-5-7-12(8-6-11)22-10-13-4-3-9-21-13/h5-8,13H,3-4,9-10H2,1-2H3,(H,17,18)(H,19,20)/t13-/m1/s1. The Bertz CT molecular complexity index is 532. The lowest BCUT2D eigenvalue weighted by molar-refractivity contribution is -0.143. The Hall–Kier alpha value is -2.08. The van der Waals surface area contributed by atoms with Gasteiger partial charge in [-0.05, 0) is 51.0 Å². The fourth-order valence-corrected chi connectivity index (χ4v) is 2.08. The molecule has 0 bridgehead atoms. The number of carboxylic acids is 1. The SMILES string of the molecule is CC(C)(NC(=O)c1ccc(OC[C@H]2CCCO2)cc1)C(=O)O. The highest BCUT2D eigenvalue weighted by Crippen LogP contribution is 2.17. The molecule has 0 aliphatic carbocycles. The Morgan fingerprint density at radius 1 is 1.36 bits per heavy atom. The maximum absolute atomic E-state index is 12.0. The quantitative estimate of drug-likeness (QED) is 0.837. The van der Waals surface area contributed by atoms with Gasteiger partial charge in [-0.15, -0.1) is 0 Å². The van der Waals surface area contributed by atoms with Crippen molar-refractivity contribution in [3.8, 4) is 5.75 Å². The van der Waals surface area contributed by atoms with E-state index in [1.807, 2.05) is 0 Å². The van der Waals surface area contributed by atoms with Crippen LogP contribution in [0.25, 0.3) is 0 Å².